The van der Waals surface area contributed by atoms with Gasteiger partial charge in [0.05, 0.1) is 12.7 Å². The molecule has 0 aromatic heterocycles. The predicted octanol–water partition coefficient (Wildman–Crippen LogP) is 3.50. The summed E-state index contributed by atoms with van der Waals surface area (Å²) in [5.74, 6) is 1.67. The molecule has 0 unspecified atom stereocenters. The van der Waals surface area contributed by atoms with Gasteiger partial charge in [-0.15, -0.1) is 0 Å². The lowest BCUT2D eigenvalue weighted by molar-refractivity contribution is -0.135. The second kappa shape index (κ2) is 9.05. The van der Waals surface area contributed by atoms with Crippen LogP contribution < -0.4 is 4.74 Å². The van der Waals surface area contributed by atoms with Gasteiger partial charge in [-0.3, -0.25) is 4.79 Å². The summed E-state index contributed by atoms with van der Waals surface area (Å²) < 4.78 is 11.9. The maximum absolute atomic E-state index is 12.6. The van der Waals surface area contributed by atoms with E-state index in [1.807, 2.05) is 36.1 Å². The quantitative estimate of drug-likeness (QED) is 0.759. The Morgan fingerprint density at radius 3 is 2.69 bits per heavy atom. The summed E-state index contributed by atoms with van der Waals surface area (Å²) in [4.78, 5) is 17.1. The monoisotopic (exact) mass is 400 g/mol. The summed E-state index contributed by atoms with van der Waals surface area (Å²) >= 11 is 0. The maximum atomic E-state index is 12.6. The Balaban J connectivity index is 1.20. The van der Waals surface area contributed by atoms with Gasteiger partial charge in [0, 0.05) is 26.2 Å². The van der Waals surface area contributed by atoms with Crippen LogP contribution in [0.4, 0.5) is 0 Å². The number of amides is 1. The van der Waals surface area contributed by atoms with Crippen molar-refractivity contribution in [1.29, 1.82) is 0 Å². The third-order valence-corrected chi connectivity index (χ3v) is 7.05. The number of ether oxygens (including phenoxy) is 2. The zero-order valence-corrected chi connectivity index (χ0v) is 18.1. The lowest BCUT2D eigenvalue weighted by Crippen LogP contribution is -2.45. The molecule has 0 bridgehead atoms. The highest BCUT2D eigenvalue weighted by molar-refractivity contribution is 5.77. The molecule has 4 rings (SSSR count). The molecule has 3 aliphatic heterocycles. The minimum Gasteiger partial charge on any atom is -0.484 e. The summed E-state index contributed by atoms with van der Waals surface area (Å²) in [6.45, 7) is 10.6. The van der Waals surface area contributed by atoms with Crippen molar-refractivity contribution >= 4 is 5.91 Å². The van der Waals surface area contributed by atoms with E-state index in [2.05, 4.69) is 11.8 Å². The summed E-state index contributed by atoms with van der Waals surface area (Å²) in [5.41, 5.74) is 1.47. The molecule has 1 aromatic rings. The van der Waals surface area contributed by atoms with E-state index in [1.165, 1.54) is 31.5 Å². The van der Waals surface area contributed by atoms with Gasteiger partial charge in [-0.25, -0.2) is 0 Å². The highest BCUT2D eigenvalue weighted by atomic mass is 16.5. The average Bonchev–Trinajstić information content (AvgIpc) is 3.10. The largest absolute Gasteiger partial charge is 0.484 e. The maximum Gasteiger partial charge on any atom is 0.260 e. The van der Waals surface area contributed by atoms with E-state index < -0.39 is 0 Å². The minimum atomic E-state index is 0.0956. The number of hydrogen-bond acceptors (Lipinski definition) is 4. The van der Waals surface area contributed by atoms with Crippen molar-refractivity contribution in [2.24, 2.45) is 11.3 Å². The van der Waals surface area contributed by atoms with Crippen molar-refractivity contribution in [2.75, 3.05) is 45.9 Å². The van der Waals surface area contributed by atoms with Crippen molar-refractivity contribution in [1.82, 2.24) is 9.80 Å². The minimum absolute atomic E-state index is 0.0956. The number of likely N-dealkylation sites (tertiary alicyclic amines) is 2. The normalized spacial score (nSPS) is 27.3. The van der Waals surface area contributed by atoms with Gasteiger partial charge in [0.25, 0.3) is 5.91 Å². The Bertz CT molecular complexity index is 682. The van der Waals surface area contributed by atoms with Crippen molar-refractivity contribution in [3.8, 4) is 5.75 Å². The molecule has 3 aliphatic rings. The van der Waals surface area contributed by atoms with Crippen LogP contribution in [0.3, 0.4) is 0 Å². The summed E-state index contributed by atoms with van der Waals surface area (Å²) in [7, 11) is 0. The van der Waals surface area contributed by atoms with Crippen LogP contribution in [0, 0.1) is 18.3 Å². The molecule has 5 heteroatoms. The Morgan fingerprint density at radius 2 is 1.97 bits per heavy atom. The van der Waals surface area contributed by atoms with Gasteiger partial charge in [0.15, 0.2) is 6.61 Å². The molecule has 1 spiro atoms. The fraction of sp³-hybridized carbons (Fsp3) is 0.708. The Hall–Kier alpha value is -1.59. The van der Waals surface area contributed by atoms with Crippen LogP contribution in [-0.2, 0) is 9.53 Å². The molecule has 0 saturated carbocycles. The topological polar surface area (TPSA) is 42.0 Å². The van der Waals surface area contributed by atoms with Crippen LogP contribution in [0.25, 0.3) is 0 Å². The highest BCUT2D eigenvalue weighted by Gasteiger charge is 2.43. The zero-order chi connectivity index (χ0) is 20.3. The summed E-state index contributed by atoms with van der Waals surface area (Å²) in [6.07, 6.45) is 6.31. The molecule has 0 radical (unpaired) electrons. The lowest BCUT2D eigenvalue weighted by Gasteiger charge is -2.38. The molecule has 1 aromatic carbocycles. The van der Waals surface area contributed by atoms with E-state index in [4.69, 9.17) is 9.47 Å². The molecular formula is C24H36N2O3. The lowest BCUT2D eigenvalue weighted by atomic mass is 9.76. The second-order valence-electron chi connectivity index (χ2n) is 9.63. The van der Waals surface area contributed by atoms with Crippen LogP contribution >= 0.6 is 0 Å². The summed E-state index contributed by atoms with van der Waals surface area (Å²) in [5, 5.41) is 0. The highest BCUT2D eigenvalue weighted by Crippen LogP contribution is 2.42. The third kappa shape index (κ3) is 5.32. The number of hydrogen-bond donors (Lipinski definition) is 0. The molecule has 3 heterocycles. The fourth-order valence-corrected chi connectivity index (χ4v) is 5.20. The molecule has 0 N–H and O–H groups in total. The van der Waals surface area contributed by atoms with Gasteiger partial charge in [-0.2, -0.15) is 0 Å². The molecule has 160 valence electrons. The Labute approximate surface area is 175 Å². The van der Waals surface area contributed by atoms with E-state index in [-0.39, 0.29) is 17.9 Å². The molecular weight excluding hydrogens is 364 g/mol. The number of benzene rings is 1. The average molecular weight is 401 g/mol. The molecule has 3 saturated heterocycles. The van der Waals surface area contributed by atoms with Crippen molar-refractivity contribution in [3.05, 3.63) is 29.8 Å². The van der Waals surface area contributed by atoms with E-state index in [9.17, 15) is 4.79 Å². The van der Waals surface area contributed by atoms with Crippen LogP contribution in [0.15, 0.2) is 24.3 Å². The first kappa shape index (κ1) is 20.7. The number of rotatable bonds is 5. The van der Waals surface area contributed by atoms with Gasteiger partial charge in [-0.05, 0) is 69.0 Å². The van der Waals surface area contributed by atoms with Gasteiger partial charge >= 0.3 is 0 Å². The van der Waals surface area contributed by atoms with Gasteiger partial charge in [0.1, 0.15) is 5.75 Å². The number of piperidine rings is 2. The zero-order valence-electron chi connectivity index (χ0n) is 18.1. The Morgan fingerprint density at radius 1 is 1.21 bits per heavy atom. The standard InChI is InChI=1S/C24H36N2O3/c1-19-5-7-21(8-6-19)28-17-23(27)26-12-9-24(10-13-26)14-22(29-18-24)16-25-11-3-4-20(2)15-25/h5-8,20,22H,3-4,9-18H2,1-2H3/t20-,22-/m0/s1. The van der Waals surface area contributed by atoms with E-state index >= 15 is 0 Å². The molecule has 3 fully saturated rings. The number of carbonyl (C=O) groups is 1. The fourth-order valence-electron chi connectivity index (χ4n) is 5.20. The first-order valence-electron chi connectivity index (χ1n) is 11.3. The molecule has 1 amide bonds. The first-order chi connectivity index (χ1) is 14.0. The van der Waals surface area contributed by atoms with Gasteiger partial charge in [-0.1, -0.05) is 24.6 Å². The number of aryl methyl sites for hydroxylation is 1. The third-order valence-electron chi connectivity index (χ3n) is 7.05. The van der Waals surface area contributed by atoms with Gasteiger partial charge < -0.3 is 19.3 Å². The SMILES string of the molecule is Cc1ccc(OCC(=O)N2CCC3(CC2)CO[C@H](CN2CCC[C@H](C)C2)C3)cc1. The van der Waals surface area contributed by atoms with E-state index in [0.29, 0.717) is 6.10 Å². The van der Waals surface area contributed by atoms with Crippen molar-refractivity contribution in [3.63, 3.8) is 0 Å². The first-order valence-corrected chi connectivity index (χ1v) is 11.3. The predicted molar refractivity (Wildman–Crippen MR) is 114 cm³/mol. The number of carbonyl (C=O) groups excluding carboxylic acids is 1. The summed E-state index contributed by atoms with van der Waals surface area (Å²) in [6, 6.07) is 7.86. The number of nitrogens with zero attached hydrogens (tertiary/aromatic N) is 2. The van der Waals surface area contributed by atoms with Crippen molar-refractivity contribution < 1.29 is 14.3 Å². The molecule has 29 heavy (non-hydrogen) atoms. The van der Waals surface area contributed by atoms with Crippen LogP contribution in [0.1, 0.15) is 44.6 Å². The second-order valence-corrected chi connectivity index (χ2v) is 9.63. The van der Waals surface area contributed by atoms with Gasteiger partial charge in [0.2, 0.25) is 0 Å². The van der Waals surface area contributed by atoms with Crippen LogP contribution in [-0.4, -0.2) is 67.7 Å². The van der Waals surface area contributed by atoms with Crippen LogP contribution in [0.5, 0.6) is 5.75 Å². The van der Waals surface area contributed by atoms with Crippen molar-refractivity contribution in [2.45, 2.75) is 52.1 Å². The van der Waals surface area contributed by atoms with E-state index in [0.717, 1.165) is 57.2 Å². The van der Waals surface area contributed by atoms with E-state index in [1.54, 1.807) is 0 Å². The molecule has 0 aliphatic carbocycles. The Kier molecular flexibility index (Phi) is 6.45. The molecule has 2 atom stereocenters. The molecule has 5 nitrogen and oxygen atoms in total. The smallest absolute Gasteiger partial charge is 0.260 e. The van der Waals surface area contributed by atoms with Crippen LogP contribution in [0.2, 0.25) is 0 Å².